The van der Waals surface area contributed by atoms with Crippen molar-refractivity contribution in [3.05, 3.63) is 52.0 Å². The standard InChI is InChI=1S/C16H19N3OS/c1-11-15(21-10-18-11)14(12-6-3-2-4-7-12)19-9-5-8-13(19)16(17)20/h2-4,6-7,10,13-14H,5,8-9H2,1H3,(H2,17,20). The van der Waals surface area contributed by atoms with E-state index >= 15 is 0 Å². The van der Waals surface area contributed by atoms with E-state index in [9.17, 15) is 4.79 Å². The maximum atomic E-state index is 11.8. The van der Waals surface area contributed by atoms with Crippen LogP contribution in [0.4, 0.5) is 0 Å². The summed E-state index contributed by atoms with van der Waals surface area (Å²) in [4.78, 5) is 19.6. The van der Waals surface area contributed by atoms with Crippen LogP contribution in [0.2, 0.25) is 0 Å². The van der Waals surface area contributed by atoms with Crippen molar-refractivity contribution in [1.29, 1.82) is 0 Å². The summed E-state index contributed by atoms with van der Waals surface area (Å²) in [6, 6.07) is 10.2. The van der Waals surface area contributed by atoms with Gasteiger partial charge in [-0.2, -0.15) is 0 Å². The molecule has 2 atom stereocenters. The Kier molecular flexibility index (Phi) is 4.03. The number of hydrogen-bond acceptors (Lipinski definition) is 4. The molecule has 1 aromatic heterocycles. The lowest BCUT2D eigenvalue weighted by molar-refractivity contribution is -0.122. The average molecular weight is 301 g/mol. The number of thiazole rings is 1. The highest BCUT2D eigenvalue weighted by molar-refractivity contribution is 7.09. The first-order chi connectivity index (χ1) is 10.2. The highest BCUT2D eigenvalue weighted by Gasteiger charge is 2.36. The molecule has 2 unspecified atom stereocenters. The van der Waals surface area contributed by atoms with E-state index in [2.05, 4.69) is 22.0 Å². The van der Waals surface area contributed by atoms with Gasteiger partial charge in [0.25, 0.3) is 0 Å². The number of hydrogen-bond donors (Lipinski definition) is 1. The fourth-order valence-corrected chi connectivity index (χ4v) is 4.05. The number of carbonyl (C=O) groups is 1. The number of primary amides is 1. The van der Waals surface area contributed by atoms with Crippen LogP contribution in [0.1, 0.15) is 35.0 Å². The Morgan fingerprint density at radius 3 is 2.81 bits per heavy atom. The molecule has 1 aliphatic heterocycles. The van der Waals surface area contributed by atoms with Crippen molar-refractivity contribution < 1.29 is 4.79 Å². The first-order valence-corrected chi connectivity index (χ1v) is 8.06. The normalized spacial score (nSPS) is 20.5. The molecule has 2 aromatic rings. The molecular formula is C16H19N3OS. The van der Waals surface area contributed by atoms with Gasteiger partial charge < -0.3 is 5.73 Å². The molecule has 110 valence electrons. The summed E-state index contributed by atoms with van der Waals surface area (Å²) in [6.07, 6.45) is 1.85. The van der Waals surface area contributed by atoms with Gasteiger partial charge in [0.2, 0.25) is 5.91 Å². The van der Waals surface area contributed by atoms with Gasteiger partial charge in [-0.25, -0.2) is 4.98 Å². The number of nitrogens with two attached hydrogens (primary N) is 1. The number of nitrogens with zero attached hydrogens (tertiary/aromatic N) is 2. The number of aromatic nitrogens is 1. The van der Waals surface area contributed by atoms with Gasteiger partial charge in [-0.3, -0.25) is 9.69 Å². The Labute approximate surface area is 128 Å². The molecule has 2 N–H and O–H groups in total. The van der Waals surface area contributed by atoms with Crippen LogP contribution in [-0.4, -0.2) is 28.4 Å². The van der Waals surface area contributed by atoms with E-state index in [4.69, 9.17) is 5.73 Å². The summed E-state index contributed by atoms with van der Waals surface area (Å²) in [5.74, 6) is -0.226. The molecule has 21 heavy (non-hydrogen) atoms. The first-order valence-electron chi connectivity index (χ1n) is 7.18. The lowest BCUT2D eigenvalue weighted by Gasteiger charge is -2.31. The molecule has 0 radical (unpaired) electrons. The third kappa shape index (κ3) is 2.71. The zero-order valence-corrected chi connectivity index (χ0v) is 12.8. The van der Waals surface area contributed by atoms with Crippen LogP contribution >= 0.6 is 11.3 Å². The summed E-state index contributed by atoms with van der Waals surface area (Å²) in [5, 5.41) is 0. The second-order valence-electron chi connectivity index (χ2n) is 5.41. The van der Waals surface area contributed by atoms with Crippen molar-refractivity contribution in [3.8, 4) is 0 Å². The van der Waals surface area contributed by atoms with Gasteiger partial charge in [-0.15, -0.1) is 11.3 Å². The predicted octanol–water partition coefficient (Wildman–Crippen LogP) is 2.49. The number of aryl methyl sites for hydroxylation is 1. The van der Waals surface area contributed by atoms with Gasteiger partial charge in [-0.1, -0.05) is 30.3 Å². The molecule has 0 aliphatic carbocycles. The molecule has 0 saturated carbocycles. The Morgan fingerprint density at radius 1 is 1.43 bits per heavy atom. The highest BCUT2D eigenvalue weighted by atomic mass is 32.1. The van der Waals surface area contributed by atoms with Gasteiger partial charge in [0.15, 0.2) is 0 Å². The van der Waals surface area contributed by atoms with Gasteiger partial charge >= 0.3 is 0 Å². The Hall–Kier alpha value is -1.72. The third-order valence-corrected chi connectivity index (χ3v) is 5.08. The minimum atomic E-state index is -0.226. The lowest BCUT2D eigenvalue weighted by atomic mass is 10.0. The van der Waals surface area contributed by atoms with E-state index in [-0.39, 0.29) is 18.0 Å². The van der Waals surface area contributed by atoms with Gasteiger partial charge in [0.05, 0.1) is 23.3 Å². The van der Waals surface area contributed by atoms with Crippen molar-refractivity contribution in [2.45, 2.75) is 31.8 Å². The summed E-state index contributed by atoms with van der Waals surface area (Å²) < 4.78 is 0. The number of rotatable bonds is 4. The van der Waals surface area contributed by atoms with Crippen LogP contribution in [0.25, 0.3) is 0 Å². The zero-order valence-electron chi connectivity index (χ0n) is 12.0. The molecule has 2 heterocycles. The molecule has 1 saturated heterocycles. The first kappa shape index (κ1) is 14.2. The van der Waals surface area contributed by atoms with E-state index < -0.39 is 0 Å². The molecule has 1 fully saturated rings. The van der Waals surface area contributed by atoms with E-state index in [1.54, 1.807) is 11.3 Å². The van der Waals surface area contributed by atoms with Crippen molar-refractivity contribution in [2.24, 2.45) is 5.73 Å². The highest BCUT2D eigenvalue weighted by Crippen LogP contribution is 2.37. The van der Waals surface area contributed by atoms with Crippen LogP contribution in [-0.2, 0) is 4.79 Å². The number of amides is 1. The van der Waals surface area contributed by atoms with Crippen molar-refractivity contribution in [1.82, 2.24) is 9.88 Å². The van der Waals surface area contributed by atoms with Crippen LogP contribution in [0.3, 0.4) is 0 Å². The van der Waals surface area contributed by atoms with Crippen LogP contribution < -0.4 is 5.73 Å². The number of benzene rings is 1. The fraction of sp³-hybridized carbons (Fsp3) is 0.375. The quantitative estimate of drug-likeness (QED) is 0.944. The van der Waals surface area contributed by atoms with Crippen molar-refractivity contribution >= 4 is 17.2 Å². The second kappa shape index (κ2) is 5.95. The number of likely N-dealkylation sites (tertiary alicyclic amines) is 1. The van der Waals surface area contributed by atoms with Crippen molar-refractivity contribution in [3.63, 3.8) is 0 Å². The minimum Gasteiger partial charge on any atom is -0.368 e. The molecule has 1 aromatic carbocycles. The summed E-state index contributed by atoms with van der Waals surface area (Å²) in [6.45, 7) is 2.92. The fourth-order valence-electron chi connectivity index (χ4n) is 3.11. The summed E-state index contributed by atoms with van der Waals surface area (Å²) in [7, 11) is 0. The maximum Gasteiger partial charge on any atom is 0.234 e. The Morgan fingerprint density at radius 2 is 2.19 bits per heavy atom. The minimum absolute atomic E-state index is 0.0682. The second-order valence-corrected chi connectivity index (χ2v) is 6.30. The number of carbonyl (C=O) groups excluding carboxylic acids is 1. The predicted molar refractivity (Wildman–Crippen MR) is 84.1 cm³/mol. The lowest BCUT2D eigenvalue weighted by Crippen LogP contribution is -2.42. The SMILES string of the molecule is Cc1ncsc1C(c1ccccc1)N1CCCC1C(N)=O. The smallest absolute Gasteiger partial charge is 0.234 e. The molecule has 3 rings (SSSR count). The molecule has 0 spiro atoms. The molecule has 5 heteroatoms. The average Bonchev–Trinajstić information content (AvgIpc) is 3.11. The van der Waals surface area contributed by atoms with E-state index in [1.165, 1.54) is 10.4 Å². The molecule has 1 amide bonds. The molecule has 1 aliphatic rings. The van der Waals surface area contributed by atoms with E-state index in [1.807, 2.05) is 30.6 Å². The summed E-state index contributed by atoms with van der Waals surface area (Å²) >= 11 is 1.65. The van der Waals surface area contributed by atoms with Gasteiger partial charge in [-0.05, 0) is 31.9 Å². The molecule has 0 bridgehead atoms. The molecule has 4 nitrogen and oxygen atoms in total. The largest absolute Gasteiger partial charge is 0.368 e. The van der Waals surface area contributed by atoms with Gasteiger partial charge in [0, 0.05) is 4.88 Å². The third-order valence-electron chi connectivity index (χ3n) is 4.10. The van der Waals surface area contributed by atoms with E-state index in [0.29, 0.717) is 0 Å². The van der Waals surface area contributed by atoms with Crippen molar-refractivity contribution in [2.75, 3.05) is 6.54 Å². The Bertz CT molecular complexity index is 625. The van der Waals surface area contributed by atoms with Crippen LogP contribution in [0.5, 0.6) is 0 Å². The monoisotopic (exact) mass is 301 g/mol. The Balaban J connectivity index is 2.05. The van der Waals surface area contributed by atoms with E-state index in [0.717, 1.165) is 25.1 Å². The van der Waals surface area contributed by atoms with Crippen LogP contribution in [0.15, 0.2) is 35.8 Å². The molecular weight excluding hydrogens is 282 g/mol. The van der Waals surface area contributed by atoms with Crippen LogP contribution in [0, 0.1) is 6.92 Å². The zero-order chi connectivity index (χ0) is 14.8. The maximum absolute atomic E-state index is 11.8. The topological polar surface area (TPSA) is 59.2 Å². The summed E-state index contributed by atoms with van der Waals surface area (Å²) in [5.41, 5.74) is 9.70. The van der Waals surface area contributed by atoms with Gasteiger partial charge in [0.1, 0.15) is 0 Å².